The van der Waals surface area contributed by atoms with Crippen LogP contribution in [0.5, 0.6) is 5.75 Å². The van der Waals surface area contributed by atoms with Crippen molar-refractivity contribution in [3.05, 3.63) is 29.3 Å². The molecule has 24 heavy (non-hydrogen) atoms. The molecule has 6 nitrogen and oxygen atoms in total. The molecular formula is C17H24ClN3O3. The Bertz CT molecular complexity index is 578. The number of ether oxygens (including phenoxy) is 1. The lowest BCUT2D eigenvalue weighted by Crippen LogP contribution is -2.52. The number of hydrogen-bond acceptors (Lipinski definition) is 5. The first-order chi connectivity index (χ1) is 11.5. The van der Waals surface area contributed by atoms with Crippen LogP contribution in [0.25, 0.3) is 0 Å². The lowest BCUT2D eigenvalue weighted by atomic mass is 10.1. The fourth-order valence-electron chi connectivity index (χ4n) is 3.28. The SMILES string of the molecule is CN1CCN(C2CN(C(=O)COc3cccc(Cl)c3)CC2O)CC1. The van der Waals surface area contributed by atoms with Gasteiger partial charge in [0.25, 0.3) is 5.91 Å². The maximum Gasteiger partial charge on any atom is 0.260 e. The van der Waals surface area contributed by atoms with Crippen LogP contribution in [0.15, 0.2) is 24.3 Å². The maximum atomic E-state index is 12.4. The standard InChI is InChI=1S/C17H24ClN3O3/c1-19-5-7-20(8-6-19)15-10-21(11-16(15)22)17(23)12-24-14-4-2-3-13(18)9-14/h2-4,9,15-16,22H,5-8,10-12H2,1H3. The monoisotopic (exact) mass is 353 g/mol. The van der Waals surface area contributed by atoms with Gasteiger partial charge in [-0.1, -0.05) is 17.7 Å². The number of likely N-dealkylation sites (N-methyl/N-ethyl adjacent to an activating group) is 1. The van der Waals surface area contributed by atoms with E-state index in [0.29, 0.717) is 23.9 Å². The zero-order valence-corrected chi connectivity index (χ0v) is 14.7. The Hall–Kier alpha value is -1.34. The summed E-state index contributed by atoms with van der Waals surface area (Å²) in [6, 6.07) is 7.01. The number of amides is 1. The van der Waals surface area contributed by atoms with Crippen LogP contribution in [0.3, 0.4) is 0 Å². The average Bonchev–Trinajstić information content (AvgIpc) is 2.95. The summed E-state index contributed by atoms with van der Waals surface area (Å²) in [6.45, 7) is 4.74. The van der Waals surface area contributed by atoms with Gasteiger partial charge in [-0.25, -0.2) is 0 Å². The minimum Gasteiger partial charge on any atom is -0.484 e. The summed E-state index contributed by atoms with van der Waals surface area (Å²) in [5.41, 5.74) is 0. The summed E-state index contributed by atoms with van der Waals surface area (Å²) in [5.74, 6) is 0.469. The molecule has 1 aromatic carbocycles. The van der Waals surface area contributed by atoms with Gasteiger partial charge in [-0.05, 0) is 25.2 Å². The number of aliphatic hydroxyl groups is 1. The molecule has 1 amide bonds. The van der Waals surface area contributed by atoms with Gasteiger partial charge in [0.1, 0.15) is 5.75 Å². The minimum atomic E-state index is -0.497. The highest BCUT2D eigenvalue weighted by Gasteiger charge is 2.38. The first-order valence-electron chi connectivity index (χ1n) is 8.30. The molecular weight excluding hydrogens is 330 g/mol. The van der Waals surface area contributed by atoms with E-state index in [2.05, 4.69) is 16.8 Å². The summed E-state index contributed by atoms with van der Waals surface area (Å²) in [7, 11) is 2.10. The van der Waals surface area contributed by atoms with E-state index in [1.165, 1.54) is 0 Å². The Morgan fingerprint density at radius 2 is 2.04 bits per heavy atom. The van der Waals surface area contributed by atoms with E-state index in [4.69, 9.17) is 16.3 Å². The summed E-state index contributed by atoms with van der Waals surface area (Å²) >= 11 is 5.90. The highest BCUT2D eigenvalue weighted by molar-refractivity contribution is 6.30. The maximum absolute atomic E-state index is 12.4. The molecule has 2 saturated heterocycles. The number of β-amino-alcohol motifs (C(OH)–C–C–N with tert-alkyl or cyclic N) is 1. The Labute approximate surface area is 147 Å². The number of halogens is 1. The van der Waals surface area contributed by atoms with E-state index in [9.17, 15) is 9.90 Å². The molecule has 0 spiro atoms. The molecule has 2 aliphatic heterocycles. The first-order valence-corrected chi connectivity index (χ1v) is 8.67. The largest absolute Gasteiger partial charge is 0.484 e. The molecule has 3 rings (SSSR count). The van der Waals surface area contributed by atoms with Crippen molar-refractivity contribution in [2.45, 2.75) is 12.1 Å². The third-order valence-corrected chi connectivity index (χ3v) is 5.01. The molecule has 1 aromatic rings. The van der Waals surface area contributed by atoms with Gasteiger partial charge in [-0.15, -0.1) is 0 Å². The van der Waals surface area contributed by atoms with Crippen LogP contribution in [0, 0.1) is 0 Å². The van der Waals surface area contributed by atoms with Gasteiger partial charge < -0.3 is 19.6 Å². The molecule has 2 heterocycles. The molecule has 2 aliphatic rings. The number of nitrogens with zero attached hydrogens (tertiary/aromatic N) is 3. The average molecular weight is 354 g/mol. The highest BCUT2D eigenvalue weighted by atomic mass is 35.5. The summed E-state index contributed by atoms with van der Waals surface area (Å²) in [5, 5.41) is 10.9. The number of hydrogen-bond donors (Lipinski definition) is 1. The highest BCUT2D eigenvalue weighted by Crippen LogP contribution is 2.20. The molecule has 0 saturated carbocycles. The normalized spacial score (nSPS) is 25.9. The molecule has 132 valence electrons. The van der Waals surface area contributed by atoms with Gasteiger partial charge in [-0.3, -0.25) is 9.69 Å². The van der Waals surface area contributed by atoms with Crippen molar-refractivity contribution >= 4 is 17.5 Å². The van der Waals surface area contributed by atoms with Crippen molar-refractivity contribution in [2.75, 3.05) is 52.9 Å². The van der Waals surface area contributed by atoms with Crippen molar-refractivity contribution in [1.29, 1.82) is 0 Å². The van der Waals surface area contributed by atoms with Gasteiger partial charge in [0.2, 0.25) is 0 Å². The summed E-state index contributed by atoms with van der Waals surface area (Å²) < 4.78 is 5.51. The second kappa shape index (κ2) is 7.70. The van der Waals surface area contributed by atoms with Crippen molar-refractivity contribution < 1.29 is 14.6 Å². The van der Waals surface area contributed by atoms with Gasteiger partial charge >= 0.3 is 0 Å². The lowest BCUT2D eigenvalue weighted by Gasteiger charge is -2.37. The van der Waals surface area contributed by atoms with Crippen molar-refractivity contribution in [1.82, 2.24) is 14.7 Å². The molecule has 0 bridgehead atoms. The fourth-order valence-corrected chi connectivity index (χ4v) is 3.46. The number of piperazine rings is 1. The van der Waals surface area contributed by atoms with Crippen LogP contribution in [-0.4, -0.2) is 90.8 Å². The van der Waals surface area contributed by atoms with E-state index in [1.807, 2.05) is 0 Å². The first kappa shape index (κ1) is 17.5. The van der Waals surface area contributed by atoms with Gasteiger partial charge in [0.05, 0.1) is 12.1 Å². The number of carbonyl (C=O) groups excluding carboxylic acids is 1. The van der Waals surface area contributed by atoms with E-state index in [-0.39, 0.29) is 18.6 Å². The smallest absolute Gasteiger partial charge is 0.260 e. The number of benzene rings is 1. The Morgan fingerprint density at radius 3 is 2.75 bits per heavy atom. The van der Waals surface area contributed by atoms with E-state index in [1.54, 1.807) is 29.2 Å². The van der Waals surface area contributed by atoms with Crippen LogP contribution in [-0.2, 0) is 4.79 Å². The van der Waals surface area contributed by atoms with E-state index >= 15 is 0 Å². The number of aliphatic hydroxyl groups excluding tert-OH is 1. The van der Waals surface area contributed by atoms with Crippen LogP contribution < -0.4 is 4.74 Å². The lowest BCUT2D eigenvalue weighted by molar-refractivity contribution is -0.132. The predicted octanol–water partition coefficient (Wildman–Crippen LogP) is 0.538. The van der Waals surface area contributed by atoms with Crippen LogP contribution >= 0.6 is 11.6 Å². The Kier molecular flexibility index (Phi) is 5.61. The number of carbonyl (C=O) groups is 1. The molecule has 2 unspecified atom stereocenters. The third kappa shape index (κ3) is 4.19. The molecule has 2 atom stereocenters. The molecule has 0 aromatic heterocycles. The molecule has 7 heteroatoms. The van der Waals surface area contributed by atoms with Gasteiger partial charge in [0.15, 0.2) is 6.61 Å². The van der Waals surface area contributed by atoms with Crippen LogP contribution in [0.2, 0.25) is 5.02 Å². The minimum absolute atomic E-state index is 0.0221. The van der Waals surface area contributed by atoms with Crippen molar-refractivity contribution in [2.24, 2.45) is 0 Å². The molecule has 0 radical (unpaired) electrons. The zero-order chi connectivity index (χ0) is 17.1. The van der Waals surface area contributed by atoms with E-state index < -0.39 is 6.10 Å². The van der Waals surface area contributed by atoms with Crippen LogP contribution in [0.4, 0.5) is 0 Å². The Balaban J connectivity index is 1.51. The Morgan fingerprint density at radius 1 is 1.29 bits per heavy atom. The molecule has 0 aliphatic carbocycles. The van der Waals surface area contributed by atoms with Gasteiger partial charge in [-0.2, -0.15) is 0 Å². The topological polar surface area (TPSA) is 56.2 Å². The fraction of sp³-hybridized carbons (Fsp3) is 0.588. The quantitative estimate of drug-likeness (QED) is 0.856. The van der Waals surface area contributed by atoms with Crippen molar-refractivity contribution in [3.8, 4) is 5.75 Å². The zero-order valence-electron chi connectivity index (χ0n) is 13.9. The van der Waals surface area contributed by atoms with Gasteiger partial charge in [0, 0.05) is 44.3 Å². The number of rotatable bonds is 4. The second-order valence-electron chi connectivity index (χ2n) is 6.52. The molecule has 1 N–H and O–H groups in total. The molecule has 2 fully saturated rings. The summed E-state index contributed by atoms with van der Waals surface area (Å²) in [4.78, 5) is 18.6. The van der Waals surface area contributed by atoms with Crippen molar-refractivity contribution in [3.63, 3.8) is 0 Å². The summed E-state index contributed by atoms with van der Waals surface area (Å²) in [6.07, 6.45) is -0.497. The number of likely N-dealkylation sites (tertiary alicyclic amines) is 1. The van der Waals surface area contributed by atoms with E-state index in [0.717, 1.165) is 26.2 Å². The van der Waals surface area contributed by atoms with Crippen LogP contribution in [0.1, 0.15) is 0 Å². The second-order valence-corrected chi connectivity index (χ2v) is 6.96. The third-order valence-electron chi connectivity index (χ3n) is 4.78. The predicted molar refractivity (Wildman–Crippen MR) is 92.4 cm³/mol.